The lowest BCUT2D eigenvalue weighted by atomic mass is 9.96. The Morgan fingerprint density at radius 1 is 1.27 bits per heavy atom. The molecule has 2 heterocycles. The average molecular weight is 358 g/mol. The van der Waals surface area contributed by atoms with Crippen LogP contribution in [-0.4, -0.2) is 48.4 Å². The van der Waals surface area contributed by atoms with Gasteiger partial charge in [-0.05, 0) is 57.4 Å². The molecule has 6 heteroatoms. The average Bonchev–Trinajstić information content (AvgIpc) is 2.92. The van der Waals surface area contributed by atoms with Crippen LogP contribution in [-0.2, 0) is 19.1 Å². The van der Waals surface area contributed by atoms with Gasteiger partial charge in [-0.1, -0.05) is 12.1 Å². The zero-order chi connectivity index (χ0) is 18.8. The van der Waals surface area contributed by atoms with Crippen LogP contribution in [0.3, 0.4) is 0 Å². The van der Waals surface area contributed by atoms with Gasteiger partial charge in [-0.3, -0.25) is 19.3 Å². The lowest BCUT2D eigenvalue weighted by molar-refractivity contribution is -0.150. The molecule has 0 saturated carbocycles. The van der Waals surface area contributed by atoms with E-state index in [-0.39, 0.29) is 30.1 Å². The van der Waals surface area contributed by atoms with E-state index < -0.39 is 6.04 Å². The first-order valence-electron chi connectivity index (χ1n) is 9.27. The van der Waals surface area contributed by atoms with E-state index in [1.807, 2.05) is 36.9 Å². The van der Waals surface area contributed by atoms with Gasteiger partial charge in [-0.15, -0.1) is 0 Å². The van der Waals surface area contributed by atoms with E-state index in [9.17, 15) is 14.4 Å². The van der Waals surface area contributed by atoms with Crippen LogP contribution < -0.4 is 4.90 Å². The Balaban J connectivity index is 1.78. The molecule has 1 aromatic carbocycles. The summed E-state index contributed by atoms with van der Waals surface area (Å²) in [7, 11) is 0. The summed E-state index contributed by atoms with van der Waals surface area (Å²) in [6, 6.07) is 5.29. The second-order valence-electron chi connectivity index (χ2n) is 7.16. The summed E-state index contributed by atoms with van der Waals surface area (Å²) >= 11 is 0. The molecule has 1 aromatic rings. The zero-order valence-electron chi connectivity index (χ0n) is 15.7. The standard InChI is InChI=1S/C20H26N2O4/c1-4-26-20(25)15-6-5-9-21(12-15)17-11-18(23)22(19(17)24)16-10-13(2)7-8-14(16)3/h7-8,10,15,17H,4-6,9,11-12H2,1-3H3/t15-,17-/m0/s1. The third-order valence-corrected chi connectivity index (χ3v) is 5.24. The topological polar surface area (TPSA) is 66.9 Å². The monoisotopic (exact) mass is 358 g/mol. The van der Waals surface area contributed by atoms with Crippen LogP contribution in [0, 0.1) is 19.8 Å². The maximum Gasteiger partial charge on any atom is 0.310 e. The largest absolute Gasteiger partial charge is 0.466 e. The summed E-state index contributed by atoms with van der Waals surface area (Å²) < 4.78 is 5.13. The fourth-order valence-electron chi connectivity index (χ4n) is 3.86. The maximum absolute atomic E-state index is 13.0. The van der Waals surface area contributed by atoms with Crippen LogP contribution in [0.2, 0.25) is 0 Å². The Hall–Kier alpha value is -2.21. The number of amides is 2. The van der Waals surface area contributed by atoms with Gasteiger partial charge in [-0.25, -0.2) is 4.90 Å². The number of aryl methyl sites for hydroxylation is 2. The van der Waals surface area contributed by atoms with Crippen LogP contribution in [0.25, 0.3) is 0 Å². The number of carbonyl (C=O) groups excluding carboxylic acids is 3. The number of hydrogen-bond donors (Lipinski definition) is 0. The normalized spacial score (nSPS) is 24.2. The number of hydrogen-bond acceptors (Lipinski definition) is 5. The molecule has 140 valence electrons. The van der Waals surface area contributed by atoms with Crippen molar-refractivity contribution in [1.29, 1.82) is 0 Å². The molecule has 0 spiro atoms. The third-order valence-electron chi connectivity index (χ3n) is 5.24. The van der Waals surface area contributed by atoms with Gasteiger partial charge in [0.25, 0.3) is 5.91 Å². The minimum absolute atomic E-state index is 0.168. The maximum atomic E-state index is 13.0. The van der Waals surface area contributed by atoms with E-state index in [1.54, 1.807) is 6.92 Å². The molecule has 2 fully saturated rings. The number of carbonyl (C=O) groups is 3. The molecule has 0 aliphatic carbocycles. The summed E-state index contributed by atoms with van der Waals surface area (Å²) in [5, 5.41) is 0. The molecule has 2 aliphatic rings. The quantitative estimate of drug-likeness (QED) is 0.610. The summed E-state index contributed by atoms with van der Waals surface area (Å²) in [6.07, 6.45) is 1.76. The van der Waals surface area contributed by atoms with E-state index in [2.05, 4.69) is 0 Å². The molecule has 2 saturated heterocycles. The number of likely N-dealkylation sites (tertiary alicyclic amines) is 1. The molecule has 0 radical (unpaired) electrons. The Bertz CT molecular complexity index is 731. The van der Waals surface area contributed by atoms with E-state index in [0.717, 1.165) is 30.5 Å². The van der Waals surface area contributed by atoms with Crippen molar-refractivity contribution >= 4 is 23.5 Å². The number of ether oxygens (including phenoxy) is 1. The molecule has 2 aliphatic heterocycles. The Labute approximate surface area is 154 Å². The van der Waals surface area contributed by atoms with E-state index in [1.165, 1.54) is 4.90 Å². The van der Waals surface area contributed by atoms with Gasteiger partial charge in [0.2, 0.25) is 5.91 Å². The van der Waals surface area contributed by atoms with Gasteiger partial charge in [0, 0.05) is 6.54 Å². The number of nitrogens with zero attached hydrogens (tertiary/aromatic N) is 2. The van der Waals surface area contributed by atoms with E-state index in [4.69, 9.17) is 4.74 Å². The van der Waals surface area contributed by atoms with Crippen molar-refractivity contribution in [1.82, 2.24) is 4.90 Å². The highest BCUT2D eigenvalue weighted by atomic mass is 16.5. The first-order chi connectivity index (χ1) is 12.4. The van der Waals surface area contributed by atoms with Crippen molar-refractivity contribution in [2.24, 2.45) is 5.92 Å². The second kappa shape index (κ2) is 7.58. The highest BCUT2D eigenvalue weighted by molar-refractivity contribution is 6.22. The van der Waals surface area contributed by atoms with Gasteiger partial charge >= 0.3 is 5.97 Å². The number of rotatable bonds is 4. The second-order valence-corrected chi connectivity index (χ2v) is 7.16. The Morgan fingerprint density at radius 2 is 2.04 bits per heavy atom. The van der Waals surface area contributed by atoms with Crippen LogP contribution in [0.4, 0.5) is 5.69 Å². The van der Waals surface area contributed by atoms with E-state index in [0.29, 0.717) is 18.8 Å². The molecular formula is C20H26N2O4. The van der Waals surface area contributed by atoms with Gasteiger partial charge in [0.15, 0.2) is 0 Å². The lowest BCUT2D eigenvalue weighted by Crippen LogP contribution is -2.48. The molecule has 0 N–H and O–H groups in total. The third kappa shape index (κ3) is 3.51. The summed E-state index contributed by atoms with van der Waals surface area (Å²) in [6.45, 7) is 7.19. The molecule has 2 amide bonds. The fraction of sp³-hybridized carbons (Fsp3) is 0.550. The number of anilines is 1. The van der Waals surface area contributed by atoms with Crippen LogP contribution >= 0.6 is 0 Å². The lowest BCUT2D eigenvalue weighted by Gasteiger charge is -2.34. The van der Waals surface area contributed by atoms with Crippen molar-refractivity contribution in [3.63, 3.8) is 0 Å². The van der Waals surface area contributed by atoms with Crippen molar-refractivity contribution < 1.29 is 19.1 Å². The van der Waals surface area contributed by atoms with Crippen LogP contribution in [0.5, 0.6) is 0 Å². The molecule has 2 atom stereocenters. The minimum atomic E-state index is -0.486. The summed E-state index contributed by atoms with van der Waals surface area (Å²) in [5.41, 5.74) is 2.58. The predicted molar refractivity (Wildman–Crippen MR) is 97.7 cm³/mol. The molecule has 26 heavy (non-hydrogen) atoms. The Kier molecular flexibility index (Phi) is 5.41. The van der Waals surface area contributed by atoms with E-state index >= 15 is 0 Å². The molecule has 0 unspecified atom stereocenters. The predicted octanol–water partition coefficient (Wildman–Crippen LogP) is 2.21. The highest BCUT2D eigenvalue weighted by Gasteiger charge is 2.44. The van der Waals surface area contributed by atoms with Crippen molar-refractivity contribution in [2.75, 3.05) is 24.6 Å². The van der Waals surface area contributed by atoms with Gasteiger partial charge in [0.1, 0.15) is 0 Å². The molecule has 0 aromatic heterocycles. The molecule has 6 nitrogen and oxygen atoms in total. The SMILES string of the molecule is CCOC(=O)[C@H]1CCCN([C@H]2CC(=O)N(c3cc(C)ccc3C)C2=O)C1. The Morgan fingerprint density at radius 3 is 2.77 bits per heavy atom. The van der Waals surface area contributed by atoms with Crippen molar-refractivity contribution in [3.05, 3.63) is 29.3 Å². The van der Waals surface area contributed by atoms with Gasteiger partial charge in [-0.2, -0.15) is 0 Å². The summed E-state index contributed by atoms with van der Waals surface area (Å²) in [4.78, 5) is 41.0. The first-order valence-corrected chi connectivity index (χ1v) is 9.27. The smallest absolute Gasteiger partial charge is 0.310 e. The van der Waals surface area contributed by atoms with Crippen molar-refractivity contribution in [3.8, 4) is 0 Å². The fourth-order valence-corrected chi connectivity index (χ4v) is 3.86. The number of esters is 1. The number of imide groups is 1. The van der Waals surface area contributed by atoms with Crippen molar-refractivity contribution in [2.45, 2.75) is 46.1 Å². The highest BCUT2D eigenvalue weighted by Crippen LogP contribution is 2.31. The number of piperidine rings is 1. The molecular weight excluding hydrogens is 332 g/mol. The molecule has 3 rings (SSSR count). The van der Waals surface area contributed by atoms with Crippen LogP contribution in [0.1, 0.15) is 37.3 Å². The summed E-state index contributed by atoms with van der Waals surface area (Å²) in [5.74, 6) is -0.790. The number of benzene rings is 1. The van der Waals surface area contributed by atoms with Gasteiger partial charge in [0.05, 0.1) is 30.7 Å². The zero-order valence-corrected chi connectivity index (χ0v) is 15.7. The molecule has 0 bridgehead atoms. The van der Waals surface area contributed by atoms with Crippen LogP contribution in [0.15, 0.2) is 18.2 Å². The minimum Gasteiger partial charge on any atom is -0.466 e. The van der Waals surface area contributed by atoms with Gasteiger partial charge < -0.3 is 4.74 Å². The first kappa shape index (κ1) is 18.6.